The number of methoxy groups -OCH3 is 1. The van der Waals surface area contributed by atoms with Gasteiger partial charge >= 0.3 is 12.1 Å². The van der Waals surface area contributed by atoms with Crippen molar-refractivity contribution >= 4 is 23.3 Å². The molecule has 1 aromatic heterocycles. The number of carbonyl (C=O) groups excluding carboxylic acids is 2. The predicted octanol–water partition coefficient (Wildman–Crippen LogP) is 2.69. The van der Waals surface area contributed by atoms with Gasteiger partial charge in [-0.25, -0.2) is 4.79 Å². The maximum absolute atomic E-state index is 13.1. The van der Waals surface area contributed by atoms with Crippen molar-refractivity contribution in [3.05, 3.63) is 41.2 Å². The quantitative estimate of drug-likeness (QED) is 0.812. The first-order chi connectivity index (χ1) is 12.1. The maximum Gasteiger partial charge on any atom is 0.416 e. The van der Waals surface area contributed by atoms with Gasteiger partial charge in [0.15, 0.2) is 5.69 Å². The van der Waals surface area contributed by atoms with Gasteiger partial charge in [0.1, 0.15) is 6.07 Å². The molecule has 0 unspecified atom stereocenters. The Hall–Kier alpha value is -3.48. The number of hydrogen-bond donors (Lipinski definition) is 2. The van der Waals surface area contributed by atoms with Crippen LogP contribution in [0.5, 0.6) is 0 Å². The van der Waals surface area contributed by atoms with Crippen molar-refractivity contribution in [2.24, 2.45) is 0 Å². The number of nitriles is 1. The normalized spacial score (nSPS) is 10.9. The van der Waals surface area contributed by atoms with Crippen LogP contribution in [-0.2, 0) is 15.7 Å². The highest BCUT2D eigenvalue weighted by Gasteiger charge is 2.32. The fourth-order valence-corrected chi connectivity index (χ4v) is 2.31. The number of alkyl halides is 3. The molecular formula is C16H13F3N4O3. The Morgan fingerprint density at radius 1 is 1.35 bits per heavy atom. The summed E-state index contributed by atoms with van der Waals surface area (Å²) in [4.78, 5) is 23.4. The maximum atomic E-state index is 13.1. The molecule has 2 aromatic rings. The summed E-state index contributed by atoms with van der Waals surface area (Å²) in [6, 6.07) is 4.31. The second-order valence-corrected chi connectivity index (χ2v) is 5.19. The first-order valence-corrected chi connectivity index (χ1v) is 7.08. The largest absolute Gasteiger partial charge is 0.464 e. The van der Waals surface area contributed by atoms with E-state index in [1.54, 1.807) is 6.07 Å². The average Bonchev–Trinajstić information content (AvgIpc) is 2.89. The number of hydrogen-bond acceptors (Lipinski definition) is 5. The Morgan fingerprint density at radius 2 is 2.00 bits per heavy atom. The van der Waals surface area contributed by atoms with Gasteiger partial charge in [0.25, 0.3) is 0 Å². The lowest BCUT2D eigenvalue weighted by Crippen LogP contribution is -2.15. The summed E-state index contributed by atoms with van der Waals surface area (Å²) in [7, 11) is 1.06. The minimum absolute atomic E-state index is 0.00450. The standard InChI is InChI=1S/C16H13F3N4O3/c1-8(24)22-11-4-3-10(16(17,18)19)5-12(11)23-7-9(6-20)13(21)14(23)15(25)26-2/h3-5,7H,21H2,1-2H3,(H,22,24). The molecule has 0 aliphatic heterocycles. The van der Waals surface area contributed by atoms with E-state index in [1.807, 2.05) is 0 Å². The highest BCUT2D eigenvalue weighted by molar-refractivity contribution is 5.97. The molecule has 0 aliphatic carbocycles. The molecule has 0 bridgehead atoms. The molecule has 1 heterocycles. The molecule has 2 rings (SSSR count). The third-order valence-corrected chi connectivity index (χ3v) is 3.44. The van der Waals surface area contributed by atoms with Gasteiger partial charge in [-0.1, -0.05) is 0 Å². The Morgan fingerprint density at radius 3 is 2.50 bits per heavy atom. The van der Waals surface area contributed by atoms with Gasteiger partial charge in [-0.3, -0.25) is 4.79 Å². The zero-order valence-electron chi connectivity index (χ0n) is 13.6. The van der Waals surface area contributed by atoms with Crippen molar-refractivity contribution in [1.82, 2.24) is 4.57 Å². The van der Waals surface area contributed by atoms with Crippen molar-refractivity contribution in [1.29, 1.82) is 5.26 Å². The molecule has 10 heteroatoms. The van der Waals surface area contributed by atoms with Crippen LogP contribution in [0.25, 0.3) is 5.69 Å². The van der Waals surface area contributed by atoms with E-state index in [-0.39, 0.29) is 28.3 Å². The number of nitrogens with two attached hydrogens (primary N) is 1. The van der Waals surface area contributed by atoms with Crippen molar-refractivity contribution < 1.29 is 27.5 Å². The SMILES string of the molecule is COC(=O)c1c(N)c(C#N)cn1-c1cc(C(F)(F)F)ccc1NC(C)=O. The number of benzene rings is 1. The van der Waals surface area contributed by atoms with Crippen LogP contribution < -0.4 is 11.1 Å². The summed E-state index contributed by atoms with van der Waals surface area (Å²) in [5.74, 6) is -1.48. The highest BCUT2D eigenvalue weighted by Crippen LogP contribution is 2.35. The van der Waals surface area contributed by atoms with E-state index < -0.39 is 23.6 Å². The van der Waals surface area contributed by atoms with Crippen LogP contribution >= 0.6 is 0 Å². The average molecular weight is 366 g/mol. The smallest absolute Gasteiger partial charge is 0.416 e. The third-order valence-electron chi connectivity index (χ3n) is 3.44. The van der Waals surface area contributed by atoms with Crippen LogP contribution in [0.4, 0.5) is 24.5 Å². The number of esters is 1. The number of nitrogens with one attached hydrogen (secondary N) is 1. The predicted molar refractivity (Wildman–Crippen MR) is 85.5 cm³/mol. The van der Waals surface area contributed by atoms with Crippen LogP contribution in [0.2, 0.25) is 0 Å². The van der Waals surface area contributed by atoms with E-state index in [0.717, 1.165) is 36.1 Å². The topological polar surface area (TPSA) is 110 Å². The van der Waals surface area contributed by atoms with Crippen molar-refractivity contribution in [3.8, 4) is 11.8 Å². The Labute approximate surface area is 145 Å². The van der Waals surface area contributed by atoms with Gasteiger partial charge in [-0.2, -0.15) is 18.4 Å². The van der Waals surface area contributed by atoms with Gasteiger partial charge < -0.3 is 20.4 Å². The number of nitrogen functional groups attached to an aromatic ring is 1. The molecule has 0 aliphatic rings. The Kier molecular flexibility index (Phi) is 4.93. The summed E-state index contributed by atoms with van der Waals surface area (Å²) >= 11 is 0. The van der Waals surface area contributed by atoms with Crippen LogP contribution in [0.1, 0.15) is 28.5 Å². The van der Waals surface area contributed by atoms with Gasteiger partial charge in [-0.05, 0) is 18.2 Å². The molecule has 0 saturated carbocycles. The van der Waals surface area contributed by atoms with E-state index in [4.69, 9.17) is 11.0 Å². The molecule has 0 spiro atoms. The minimum atomic E-state index is -4.66. The third kappa shape index (κ3) is 3.46. The number of amides is 1. The summed E-state index contributed by atoms with van der Waals surface area (Å²) in [6.45, 7) is 1.17. The van der Waals surface area contributed by atoms with Gasteiger partial charge in [0.05, 0.1) is 35.3 Å². The van der Waals surface area contributed by atoms with Crippen LogP contribution in [0.15, 0.2) is 24.4 Å². The van der Waals surface area contributed by atoms with Gasteiger partial charge in [0, 0.05) is 13.1 Å². The molecular weight excluding hydrogens is 353 g/mol. The van der Waals surface area contributed by atoms with Crippen molar-refractivity contribution in [2.45, 2.75) is 13.1 Å². The summed E-state index contributed by atoms with van der Waals surface area (Å²) < 4.78 is 44.8. The second kappa shape index (κ2) is 6.79. The second-order valence-electron chi connectivity index (χ2n) is 5.19. The molecule has 136 valence electrons. The molecule has 0 atom stereocenters. The lowest BCUT2D eigenvalue weighted by molar-refractivity contribution is -0.137. The molecule has 3 N–H and O–H groups in total. The van der Waals surface area contributed by atoms with Crippen LogP contribution in [0, 0.1) is 11.3 Å². The molecule has 1 amide bonds. The Bertz CT molecular complexity index is 926. The number of rotatable bonds is 3. The van der Waals surface area contributed by atoms with Crippen LogP contribution in [0.3, 0.4) is 0 Å². The number of nitrogens with zero attached hydrogens (tertiary/aromatic N) is 2. The van der Waals surface area contributed by atoms with Gasteiger partial charge in [0.2, 0.25) is 5.91 Å². The van der Waals surface area contributed by atoms with Crippen LogP contribution in [-0.4, -0.2) is 23.6 Å². The fraction of sp³-hybridized carbons (Fsp3) is 0.188. The minimum Gasteiger partial charge on any atom is -0.464 e. The van der Waals surface area contributed by atoms with E-state index in [1.165, 1.54) is 6.92 Å². The first-order valence-electron chi connectivity index (χ1n) is 7.08. The summed E-state index contributed by atoms with van der Waals surface area (Å²) in [5.41, 5.74) is 3.85. The number of anilines is 2. The number of aromatic nitrogens is 1. The van der Waals surface area contributed by atoms with E-state index in [0.29, 0.717) is 0 Å². The number of carbonyl (C=O) groups is 2. The van der Waals surface area contributed by atoms with Crippen molar-refractivity contribution in [3.63, 3.8) is 0 Å². The van der Waals surface area contributed by atoms with E-state index in [9.17, 15) is 22.8 Å². The highest BCUT2D eigenvalue weighted by atomic mass is 19.4. The molecule has 7 nitrogen and oxygen atoms in total. The molecule has 0 fully saturated rings. The van der Waals surface area contributed by atoms with E-state index >= 15 is 0 Å². The fourth-order valence-electron chi connectivity index (χ4n) is 2.31. The lowest BCUT2D eigenvalue weighted by Gasteiger charge is -2.16. The molecule has 0 saturated heterocycles. The van der Waals surface area contributed by atoms with E-state index in [2.05, 4.69) is 10.1 Å². The molecule has 1 aromatic carbocycles. The van der Waals surface area contributed by atoms with Gasteiger partial charge in [-0.15, -0.1) is 0 Å². The summed E-state index contributed by atoms with van der Waals surface area (Å²) in [6.07, 6.45) is -3.56. The first kappa shape index (κ1) is 18.9. The zero-order valence-corrected chi connectivity index (χ0v) is 13.6. The Balaban J connectivity index is 2.83. The number of ether oxygens (including phenoxy) is 1. The monoisotopic (exact) mass is 366 g/mol. The molecule has 0 radical (unpaired) electrons. The van der Waals surface area contributed by atoms with Crippen molar-refractivity contribution in [2.75, 3.05) is 18.2 Å². The summed E-state index contributed by atoms with van der Waals surface area (Å²) in [5, 5.41) is 11.5. The molecule has 26 heavy (non-hydrogen) atoms. The number of halogens is 3. The zero-order chi connectivity index (χ0) is 19.6. The lowest BCUT2D eigenvalue weighted by atomic mass is 10.1.